The van der Waals surface area contributed by atoms with Crippen LogP contribution in [0.3, 0.4) is 0 Å². The highest BCUT2D eigenvalue weighted by atomic mass is 16.1. The van der Waals surface area contributed by atoms with Gasteiger partial charge in [-0.2, -0.15) is 0 Å². The molecule has 3 aliphatic rings. The molecular weight excluding hydrogens is 186 g/mol. The van der Waals surface area contributed by atoms with Crippen LogP contribution >= 0.6 is 0 Å². The van der Waals surface area contributed by atoms with Gasteiger partial charge in [0.2, 0.25) is 0 Å². The van der Waals surface area contributed by atoms with Crippen LogP contribution in [0.15, 0.2) is 11.6 Å². The molecule has 0 saturated heterocycles. The molecule has 2 fully saturated rings. The maximum absolute atomic E-state index is 11.7. The van der Waals surface area contributed by atoms with Crippen LogP contribution in [0, 0.1) is 11.8 Å². The number of nitrogens with zero attached hydrogens (tertiary/aromatic N) is 1. The van der Waals surface area contributed by atoms with Crippen LogP contribution in [-0.2, 0) is 4.79 Å². The highest BCUT2D eigenvalue weighted by molar-refractivity contribution is 5.95. The summed E-state index contributed by atoms with van der Waals surface area (Å²) in [5.74, 6) is 1.85. The maximum atomic E-state index is 11.7. The van der Waals surface area contributed by atoms with Gasteiger partial charge in [-0.25, -0.2) is 0 Å². The summed E-state index contributed by atoms with van der Waals surface area (Å²) in [6.45, 7) is 0. The summed E-state index contributed by atoms with van der Waals surface area (Å²) in [5.41, 5.74) is 1.60. The summed E-state index contributed by atoms with van der Waals surface area (Å²) in [5, 5.41) is 0. The molecule has 0 aromatic heterocycles. The van der Waals surface area contributed by atoms with Crippen molar-refractivity contribution in [3.05, 3.63) is 11.6 Å². The minimum atomic E-state index is 0.123. The van der Waals surface area contributed by atoms with Gasteiger partial charge in [-0.1, -0.05) is 0 Å². The van der Waals surface area contributed by atoms with Crippen LogP contribution in [0.5, 0.6) is 0 Å². The fourth-order valence-corrected chi connectivity index (χ4v) is 3.31. The van der Waals surface area contributed by atoms with Gasteiger partial charge in [0.05, 0.1) is 5.54 Å². The number of hydrogen-bond acceptors (Lipinski definition) is 2. The lowest BCUT2D eigenvalue weighted by Crippen LogP contribution is -2.47. The Morgan fingerprint density at radius 1 is 1.27 bits per heavy atom. The fraction of sp³-hybridized carbons (Fsp3) is 0.769. The zero-order valence-electron chi connectivity index (χ0n) is 9.62. The smallest absolute Gasteiger partial charge is 0.157 e. The average molecular weight is 205 g/mol. The van der Waals surface area contributed by atoms with Crippen LogP contribution in [0.1, 0.15) is 32.1 Å². The first-order valence-corrected chi connectivity index (χ1v) is 6.07. The molecule has 2 heteroatoms. The van der Waals surface area contributed by atoms with Gasteiger partial charge >= 0.3 is 0 Å². The van der Waals surface area contributed by atoms with Crippen molar-refractivity contribution in [2.24, 2.45) is 11.8 Å². The van der Waals surface area contributed by atoms with E-state index in [1.807, 2.05) is 6.08 Å². The van der Waals surface area contributed by atoms with Crippen LogP contribution in [0.25, 0.3) is 0 Å². The van der Waals surface area contributed by atoms with E-state index in [1.54, 1.807) is 0 Å². The van der Waals surface area contributed by atoms with Gasteiger partial charge in [-0.3, -0.25) is 9.69 Å². The summed E-state index contributed by atoms with van der Waals surface area (Å²) in [7, 11) is 4.29. The molecule has 0 heterocycles. The number of allylic oxidation sites excluding steroid dienone is 1. The Hall–Kier alpha value is -0.630. The molecule has 3 aliphatic carbocycles. The molecule has 0 spiro atoms. The van der Waals surface area contributed by atoms with Gasteiger partial charge in [0.15, 0.2) is 5.78 Å². The first-order valence-electron chi connectivity index (χ1n) is 6.07. The largest absolute Gasteiger partial charge is 0.299 e. The number of ketones is 1. The molecule has 2 nitrogen and oxygen atoms in total. The van der Waals surface area contributed by atoms with Crippen molar-refractivity contribution in [2.75, 3.05) is 14.1 Å². The minimum absolute atomic E-state index is 0.123. The van der Waals surface area contributed by atoms with Gasteiger partial charge in [0.1, 0.15) is 0 Å². The lowest BCUT2D eigenvalue weighted by molar-refractivity contribution is -0.115. The zero-order chi connectivity index (χ0) is 10.6. The Labute approximate surface area is 91.3 Å². The molecule has 0 aliphatic heterocycles. The second-order valence-corrected chi connectivity index (χ2v) is 5.61. The van der Waals surface area contributed by atoms with E-state index in [-0.39, 0.29) is 5.54 Å². The average Bonchev–Trinajstić information content (AvgIpc) is 3.04. The lowest BCUT2D eigenvalue weighted by Gasteiger charge is -2.39. The van der Waals surface area contributed by atoms with Gasteiger partial charge < -0.3 is 0 Å². The second kappa shape index (κ2) is 2.94. The predicted octanol–water partition coefficient (Wildman–Crippen LogP) is 2.01. The van der Waals surface area contributed by atoms with Crippen molar-refractivity contribution >= 4 is 5.78 Å². The van der Waals surface area contributed by atoms with Gasteiger partial charge in [-0.05, 0) is 63.3 Å². The molecular formula is C13H19NO. The van der Waals surface area contributed by atoms with E-state index in [2.05, 4.69) is 19.0 Å². The molecule has 2 saturated carbocycles. The van der Waals surface area contributed by atoms with E-state index in [0.29, 0.717) is 5.78 Å². The second-order valence-electron chi connectivity index (χ2n) is 5.61. The molecule has 3 rings (SSSR count). The van der Waals surface area contributed by atoms with E-state index < -0.39 is 0 Å². The Bertz CT molecular complexity index is 332. The fourth-order valence-electron chi connectivity index (χ4n) is 3.31. The highest BCUT2D eigenvalue weighted by Gasteiger charge is 2.55. The van der Waals surface area contributed by atoms with Crippen LogP contribution in [-0.4, -0.2) is 30.3 Å². The number of carbonyl (C=O) groups excluding carboxylic acids is 1. The minimum Gasteiger partial charge on any atom is -0.299 e. The van der Waals surface area contributed by atoms with Crippen LogP contribution in [0.2, 0.25) is 0 Å². The molecule has 0 radical (unpaired) electrons. The summed E-state index contributed by atoms with van der Waals surface area (Å²) in [6, 6.07) is 0. The maximum Gasteiger partial charge on any atom is 0.157 e. The quantitative estimate of drug-likeness (QED) is 0.702. The van der Waals surface area contributed by atoms with Gasteiger partial charge in [0, 0.05) is 6.42 Å². The SMILES string of the molecule is CN(C)C1(C2CC2)CC(=O)C=C1C1CC1. The van der Waals surface area contributed by atoms with Crippen molar-refractivity contribution in [2.45, 2.75) is 37.6 Å². The van der Waals surface area contributed by atoms with E-state index in [0.717, 1.165) is 18.3 Å². The highest BCUT2D eigenvalue weighted by Crippen LogP contribution is 2.56. The predicted molar refractivity (Wildman–Crippen MR) is 59.6 cm³/mol. The third-order valence-corrected chi connectivity index (χ3v) is 4.33. The molecule has 1 unspecified atom stereocenters. The van der Waals surface area contributed by atoms with E-state index in [1.165, 1.54) is 31.3 Å². The van der Waals surface area contributed by atoms with Crippen molar-refractivity contribution in [3.63, 3.8) is 0 Å². The molecule has 0 aromatic rings. The summed E-state index contributed by atoms with van der Waals surface area (Å²) in [4.78, 5) is 14.1. The lowest BCUT2D eigenvalue weighted by atomic mass is 9.82. The number of rotatable bonds is 3. The Balaban J connectivity index is 1.99. The Morgan fingerprint density at radius 2 is 1.93 bits per heavy atom. The van der Waals surface area contributed by atoms with Crippen molar-refractivity contribution in [1.82, 2.24) is 4.90 Å². The molecule has 0 amide bonds. The van der Waals surface area contributed by atoms with E-state index in [9.17, 15) is 4.79 Å². The number of likely N-dealkylation sites (N-methyl/N-ethyl adjacent to an activating group) is 1. The topological polar surface area (TPSA) is 20.3 Å². The van der Waals surface area contributed by atoms with E-state index >= 15 is 0 Å². The zero-order valence-corrected chi connectivity index (χ0v) is 9.62. The number of hydrogen-bond donors (Lipinski definition) is 0. The molecule has 0 N–H and O–H groups in total. The first kappa shape index (κ1) is 9.59. The summed E-state index contributed by atoms with van der Waals surface area (Å²) >= 11 is 0. The molecule has 1 atom stereocenters. The Kier molecular flexibility index (Phi) is 1.88. The third kappa shape index (κ3) is 1.31. The third-order valence-electron chi connectivity index (χ3n) is 4.33. The van der Waals surface area contributed by atoms with Crippen molar-refractivity contribution in [3.8, 4) is 0 Å². The van der Waals surface area contributed by atoms with Crippen LogP contribution in [0.4, 0.5) is 0 Å². The van der Waals surface area contributed by atoms with E-state index in [4.69, 9.17) is 0 Å². The summed E-state index contributed by atoms with van der Waals surface area (Å²) < 4.78 is 0. The van der Waals surface area contributed by atoms with Gasteiger partial charge in [-0.15, -0.1) is 0 Å². The first-order chi connectivity index (χ1) is 7.14. The standard InChI is InChI=1S/C13H19NO/c1-14(2)13(10-5-6-10)8-11(15)7-12(13)9-3-4-9/h7,9-10H,3-6,8H2,1-2H3. The number of carbonyl (C=O) groups is 1. The monoisotopic (exact) mass is 205 g/mol. The molecule has 82 valence electrons. The van der Waals surface area contributed by atoms with Crippen LogP contribution < -0.4 is 0 Å². The molecule has 0 bridgehead atoms. The van der Waals surface area contributed by atoms with Crippen molar-refractivity contribution < 1.29 is 4.79 Å². The summed E-state index contributed by atoms with van der Waals surface area (Å²) in [6.07, 6.45) is 7.96. The molecule has 0 aromatic carbocycles. The normalized spacial score (nSPS) is 36.2. The van der Waals surface area contributed by atoms with Gasteiger partial charge in [0.25, 0.3) is 0 Å². The Morgan fingerprint density at radius 3 is 2.40 bits per heavy atom. The molecule has 15 heavy (non-hydrogen) atoms. The van der Waals surface area contributed by atoms with Crippen molar-refractivity contribution in [1.29, 1.82) is 0 Å².